The second kappa shape index (κ2) is 9.93. The van der Waals surface area contributed by atoms with Crippen molar-refractivity contribution in [1.29, 1.82) is 5.26 Å². The summed E-state index contributed by atoms with van der Waals surface area (Å²) in [6, 6.07) is 4.54. The van der Waals surface area contributed by atoms with Crippen LogP contribution in [0.15, 0.2) is 18.5 Å². The molecule has 2 rings (SSSR count). The largest absolute Gasteiger partial charge is 0.354 e. The fourth-order valence-electron chi connectivity index (χ4n) is 3.46. The van der Waals surface area contributed by atoms with Crippen LogP contribution in [0.1, 0.15) is 56.3 Å². The molecule has 0 aromatic carbocycles. The third-order valence-electron chi connectivity index (χ3n) is 4.76. The first-order chi connectivity index (χ1) is 12.7. The van der Waals surface area contributed by atoms with Crippen LogP contribution in [0.5, 0.6) is 0 Å². The number of H-pyrrole nitrogens is 1. The smallest absolute Gasteiger partial charge is 0.153 e. The predicted molar refractivity (Wildman–Crippen MR) is 105 cm³/mol. The van der Waals surface area contributed by atoms with E-state index in [1.54, 1.807) is 6.20 Å². The Morgan fingerprint density at radius 2 is 2.23 bits per heavy atom. The summed E-state index contributed by atoms with van der Waals surface area (Å²) >= 11 is 0. The van der Waals surface area contributed by atoms with Gasteiger partial charge in [-0.3, -0.25) is 9.69 Å². The highest BCUT2D eigenvalue weighted by molar-refractivity contribution is 5.99. The molecule has 0 fully saturated rings. The molecule has 0 aliphatic carbocycles. The highest BCUT2D eigenvalue weighted by Gasteiger charge is 2.23. The van der Waals surface area contributed by atoms with Crippen molar-refractivity contribution in [2.45, 2.75) is 52.0 Å². The molecule has 0 radical (unpaired) electrons. The molecule has 6 heteroatoms. The quantitative estimate of drug-likeness (QED) is 0.375. The molecule has 2 heterocycles. The summed E-state index contributed by atoms with van der Waals surface area (Å²) in [5.41, 5.74) is 2.38. The van der Waals surface area contributed by atoms with Crippen molar-refractivity contribution in [2.75, 3.05) is 25.2 Å². The van der Waals surface area contributed by atoms with Crippen molar-refractivity contribution in [2.24, 2.45) is 0 Å². The van der Waals surface area contributed by atoms with Gasteiger partial charge in [-0.25, -0.2) is 4.98 Å². The van der Waals surface area contributed by atoms with Gasteiger partial charge in [0.15, 0.2) is 6.29 Å². The van der Waals surface area contributed by atoms with Gasteiger partial charge in [0.05, 0.1) is 24.0 Å². The van der Waals surface area contributed by atoms with Crippen LogP contribution in [0.4, 0.5) is 5.69 Å². The van der Waals surface area contributed by atoms with Crippen LogP contribution < -0.4 is 4.90 Å². The molecular formula is C20H29N5O. The third-order valence-corrected chi connectivity index (χ3v) is 4.76. The maximum atomic E-state index is 11.7. The zero-order valence-corrected chi connectivity index (χ0v) is 16.0. The van der Waals surface area contributed by atoms with Gasteiger partial charge >= 0.3 is 0 Å². The topological polar surface area (TPSA) is 76.0 Å². The molecular weight excluding hydrogens is 326 g/mol. The lowest BCUT2D eigenvalue weighted by atomic mass is 10.0. The van der Waals surface area contributed by atoms with Gasteiger partial charge in [0.1, 0.15) is 5.65 Å². The van der Waals surface area contributed by atoms with Crippen molar-refractivity contribution in [3.63, 3.8) is 0 Å². The number of aldehydes is 1. The molecule has 0 aliphatic rings. The van der Waals surface area contributed by atoms with E-state index in [0.29, 0.717) is 18.0 Å². The van der Waals surface area contributed by atoms with E-state index in [0.717, 1.165) is 61.9 Å². The first-order valence-electron chi connectivity index (χ1n) is 9.39. The Labute approximate surface area is 155 Å². The molecule has 0 aliphatic heterocycles. The minimum atomic E-state index is 0.345. The summed E-state index contributed by atoms with van der Waals surface area (Å²) in [6.45, 7) is 5.95. The van der Waals surface area contributed by atoms with Crippen LogP contribution in [0.25, 0.3) is 11.0 Å². The van der Waals surface area contributed by atoms with Crippen molar-refractivity contribution < 1.29 is 4.79 Å². The Balaban J connectivity index is 2.41. The lowest BCUT2D eigenvalue weighted by Gasteiger charge is -2.37. The van der Waals surface area contributed by atoms with Crippen LogP contribution in [-0.2, 0) is 0 Å². The lowest BCUT2D eigenvalue weighted by Crippen LogP contribution is -2.43. The molecule has 2 aromatic rings. The first-order valence-corrected chi connectivity index (χ1v) is 9.39. The molecule has 26 heavy (non-hydrogen) atoms. The number of anilines is 1. The molecule has 1 N–H and O–H groups in total. The van der Waals surface area contributed by atoms with Gasteiger partial charge in [-0.15, -0.1) is 0 Å². The average molecular weight is 355 g/mol. The molecule has 0 saturated carbocycles. The number of aromatic amines is 1. The number of carbonyl (C=O) groups excluding carboxylic acids is 1. The molecule has 0 amide bonds. The Kier molecular flexibility index (Phi) is 7.61. The Bertz CT molecular complexity index is 748. The van der Waals surface area contributed by atoms with E-state index in [4.69, 9.17) is 5.26 Å². The van der Waals surface area contributed by atoms with Crippen LogP contribution >= 0.6 is 0 Å². The van der Waals surface area contributed by atoms with Crippen LogP contribution in [0.3, 0.4) is 0 Å². The number of nitrogens with zero attached hydrogens (tertiary/aromatic N) is 4. The van der Waals surface area contributed by atoms with E-state index < -0.39 is 0 Å². The third kappa shape index (κ3) is 4.61. The summed E-state index contributed by atoms with van der Waals surface area (Å²) in [7, 11) is 2.07. The first kappa shape index (κ1) is 19.9. The summed E-state index contributed by atoms with van der Waals surface area (Å²) in [5.74, 6) is 0. The van der Waals surface area contributed by atoms with E-state index in [2.05, 4.69) is 46.7 Å². The zero-order valence-electron chi connectivity index (χ0n) is 16.0. The second-order valence-electron chi connectivity index (χ2n) is 6.72. The molecule has 0 saturated heterocycles. The monoisotopic (exact) mass is 355 g/mol. The Hall–Kier alpha value is -2.39. The summed E-state index contributed by atoms with van der Waals surface area (Å²) in [6.07, 6.45) is 8.99. The molecule has 0 spiro atoms. The number of rotatable bonds is 11. The summed E-state index contributed by atoms with van der Waals surface area (Å²) in [5, 5.41) is 9.75. The zero-order chi connectivity index (χ0) is 18.9. The predicted octanol–water partition coefficient (Wildman–Crippen LogP) is 3.95. The van der Waals surface area contributed by atoms with Gasteiger partial charge < -0.3 is 9.88 Å². The van der Waals surface area contributed by atoms with Gasteiger partial charge in [0.25, 0.3) is 0 Å². The number of aromatic nitrogens is 2. The van der Waals surface area contributed by atoms with Gasteiger partial charge in [-0.2, -0.15) is 5.26 Å². The Morgan fingerprint density at radius 3 is 2.88 bits per heavy atom. The average Bonchev–Trinajstić information content (AvgIpc) is 3.12. The molecule has 6 nitrogen and oxygen atoms in total. The minimum Gasteiger partial charge on any atom is -0.354 e. The number of nitriles is 1. The van der Waals surface area contributed by atoms with E-state index in [-0.39, 0.29) is 0 Å². The van der Waals surface area contributed by atoms with Gasteiger partial charge in [0.2, 0.25) is 0 Å². The summed E-state index contributed by atoms with van der Waals surface area (Å²) in [4.78, 5) is 23.8. The summed E-state index contributed by atoms with van der Waals surface area (Å²) < 4.78 is 0. The molecule has 1 atom stereocenters. The van der Waals surface area contributed by atoms with Crippen molar-refractivity contribution >= 4 is 23.0 Å². The number of pyridine rings is 1. The van der Waals surface area contributed by atoms with E-state index >= 15 is 0 Å². The van der Waals surface area contributed by atoms with Crippen molar-refractivity contribution in [3.05, 3.63) is 24.0 Å². The van der Waals surface area contributed by atoms with Crippen LogP contribution in [-0.4, -0.2) is 47.5 Å². The normalized spacial score (nSPS) is 12.3. The van der Waals surface area contributed by atoms with E-state index in [1.165, 1.54) is 0 Å². The van der Waals surface area contributed by atoms with Crippen molar-refractivity contribution in [3.8, 4) is 6.07 Å². The number of hydrogen-bond donors (Lipinski definition) is 1. The maximum absolute atomic E-state index is 11.7. The van der Waals surface area contributed by atoms with Gasteiger partial charge in [-0.1, -0.05) is 20.3 Å². The molecule has 0 bridgehead atoms. The number of carbonyl (C=O) groups is 1. The second-order valence-corrected chi connectivity index (χ2v) is 6.72. The molecule has 140 valence electrons. The fraction of sp³-hybridized carbons (Fsp3) is 0.550. The van der Waals surface area contributed by atoms with Gasteiger partial charge in [-0.05, 0) is 32.4 Å². The highest BCUT2D eigenvalue weighted by Crippen LogP contribution is 2.31. The van der Waals surface area contributed by atoms with E-state index in [1.807, 2.05) is 12.3 Å². The number of nitrogens with one attached hydrogen (secondary N) is 1. The molecule has 2 aromatic heterocycles. The van der Waals surface area contributed by atoms with Crippen LogP contribution in [0, 0.1) is 11.3 Å². The standard InChI is InChI=1S/C20H29N5O/c1-4-8-17(5-2)25(15-24(3)12-7-6-10-21)19-16(14-26)13-23-20-18(19)9-11-22-20/h9,11,13-14,17H,4-8,12,15H2,1-3H3,(H,22,23)/t17-/m1/s1. The van der Waals surface area contributed by atoms with Crippen molar-refractivity contribution in [1.82, 2.24) is 14.9 Å². The number of unbranched alkanes of at least 4 members (excludes halogenated alkanes) is 1. The molecule has 0 unspecified atom stereocenters. The van der Waals surface area contributed by atoms with E-state index in [9.17, 15) is 4.79 Å². The lowest BCUT2D eigenvalue weighted by molar-refractivity contribution is 0.112. The minimum absolute atomic E-state index is 0.345. The Morgan fingerprint density at radius 1 is 1.42 bits per heavy atom. The highest BCUT2D eigenvalue weighted by atomic mass is 16.1. The number of fused-ring (bicyclic) bond motifs is 1. The SMILES string of the molecule is CCC[C@@H](CC)N(CN(C)CCCC#N)c1c(C=O)cnc2[nH]ccc12. The van der Waals surface area contributed by atoms with Crippen LogP contribution in [0.2, 0.25) is 0 Å². The van der Waals surface area contributed by atoms with Gasteiger partial charge in [0, 0.05) is 36.8 Å². The fourth-order valence-corrected chi connectivity index (χ4v) is 3.46. The number of hydrogen-bond acceptors (Lipinski definition) is 5. The maximum Gasteiger partial charge on any atom is 0.153 e.